The fourth-order valence-electron chi connectivity index (χ4n) is 2.04. The third kappa shape index (κ3) is 4.82. The van der Waals surface area contributed by atoms with Crippen molar-refractivity contribution in [1.29, 1.82) is 0 Å². The Balaban J connectivity index is 2.66. The molecule has 1 rings (SSSR count). The Bertz CT molecular complexity index is 372. The van der Waals surface area contributed by atoms with Gasteiger partial charge in [-0.05, 0) is 19.3 Å². The van der Waals surface area contributed by atoms with E-state index in [0.29, 0.717) is 25.0 Å². The molecule has 116 valence electrons. The summed E-state index contributed by atoms with van der Waals surface area (Å²) in [5, 5.41) is 46.0. The molecular formula is C13H25N3O4. The zero-order chi connectivity index (χ0) is 15.0. The number of unbranched alkanes of at least 4 members (excludes halogenated alkanes) is 1. The minimum atomic E-state index is -1.08. The largest absolute Gasteiger partial charge is 0.396 e. The molecule has 0 radical (unpaired) electrons. The topological polar surface area (TPSA) is 112 Å². The van der Waals surface area contributed by atoms with Crippen LogP contribution in [-0.4, -0.2) is 60.8 Å². The molecule has 7 nitrogen and oxygen atoms in total. The van der Waals surface area contributed by atoms with Crippen LogP contribution in [0.5, 0.6) is 0 Å². The van der Waals surface area contributed by atoms with Gasteiger partial charge in [-0.3, -0.25) is 0 Å². The third-order valence-electron chi connectivity index (χ3n) is 3.32. The van der Waals surface area contributed by atoms with Crippen molar-refractivity contribution in [3.05, 3.63) is 11.9 Å². The van der Waals surface area contributed by atoms with Crippen LogP contribution >= 0.6 is 0 Å². The molecule has 0 saturated carbocycles. The fourth-order valence-corrected chi connectivity index (χ4v) is 2.04. The summed E-state index contributed by atoms with van der Waals surface area (Å²) in [5.41, 5.74) is 0.688. The monoisotopic (exact) mass is 287 g/mol. The highest BCUT2D eigenvalue weighted by atomic mass is 16.3. The van der Waals surface area contributed by atoms with Crippen molar-refractivity contribution in [3.63, 3.8) is 0 Å². The Morgan fingerprint density at radius 1 is 1.25 bits per heavy atom. The van der Waals surface area contributed by atoms with Gasteiger partial charge in [-0.2, -0.15) is 0 Å². The smallest absolute Gasteiger partial charge is 0.105 e. The van der Waals surface area contributed by atoms with E-state index in [1.165, 1.54) is 4.68 Å². The summed E-state index contributed by atoms with van der Waals surface area (Å²) in [5.74, 6) is 0. The highest BCUT2D eigenvalue weighted by Gasteiger charge is 2.27. The first-order valence-electron chi connectivity index (χ1n) is 7.12. The average molecular weight is 287 g/mol. The van der Waals surface area contributed by atoms with E-state index in [-0.39, 0.29) is 13.2 Å². The molecule has 1 aromatic heterocycles. The van der Waals surface area contributed by atoms with Gasteiger partial charge in [-0.15, -0.1) is 5.10 Å². The van der Waals surface area contributed by atoms with E-state index in [9.17, 15) is 15.3 Å². The zero-order valence-electron chi connectivity index (χ0n) is 11.9. The van der Waals surface area contributed by atoms with Gasteiger partial charge in [0.2, 0.25) is 0 Å². The van der Waals surface area contributed by atoms with Crippen molar-refractivity contribution in [3.8, 4) is 0 Å². The Morgan fingerprint density at radius 2 is 2.00 bits per heavy atom. The summed E-state index contributed by atoms with van der Waals surface area (Å²) in [6.07, 6.45) is 3.06. The molecule has 0 aliphatic heterocycles. The van der Waals surface area contributed by atoms with E-state index in [1.807, 2.05) is 6.92 Å². The Kier molecular flexibility index (Phi) is 7.68. The summed E-state index contributed by atoms with van der Waals surface area (Å²) < 4.78 is 1.38. The molecule has 0 amide bonds. The molecular weight excluding hydrogens is 262 g/mol. The maximum Gasteiger partial charge on any atom is 0.105 e. The van der Waals surface area contributed by atoms with Gasteiger partial charge in [-0.25, -0.2) is 4.68 Å². The molecule has 3 atom stereocenters. The quantitative estimate of drug-likeness (QED) is 0.468. The summed E-state index contributed by atoms with van der Waals surface area (Å²) in [6, 6.07) is -0.711. The minimum absolute atomic E-state index is 0.0780. The van der Waals surface area contributed by atoms with Crippen LogP contribution in [0.15, 0.2) is 6.20 Å². The molecule has 4 N–H and O–H groups in total. The Labute approximate surface area is 118 Å². The van der Waals surface area contributed by atoms with Crippen molar-refractivity contribution in [2.75, 3.05) is 13.2 Å². The summed E-state index contributed by atoms with van der Waals surface area (Å²) >= 11 is 0. The number of rotatable bonds is 10. The second-order valence-corrected chi connectivity index (χ2v) is 4.97. The lowest BCUT2D eigenvalue weighted by atomic mass is 10.0. The normalized spacial score (nSPS) is 16.1. The number of aromatic nitrogens is 3. The second kappa shape index (κ2) is 9.02. The Morgan fingerprint density at radius 3 is 2.60 bits per heavy atom. The van der Waals surface area contributed by atoms with E-state index in [1.54, 1.807) is 6.20 Å². The van der Waals surface area contributed by atoms with Crippen molar-refractivity contribution < 1.29 is 20.4 Å². The molecule has 0 aromatic carbocycles. The van der Waals surface area contributed by atoms with Gasteiger partial charge in [-0.1, -0.05) is 25.0 Å². The van der Waals surface area contributed by atoms with Crippen molar-refractivity contribution in [2.24, 2.45) is 0 Å². The van der Waals surface area contributed by atoms with Crippen LogP contribution in [-0.2, 0) is 6.42 Å². The second-order valence-electron chi connectivity index (χ2n) is 4.97. The van der Waals surface area contributed by atoms with Crippen LogP contribution in [0.3, 0.4) is 0 Å². The van der Waals surface area contributed by atoms with Crippen LogP contribution in [0.25, 0.3) is 0 Å². The molecule has 0 spiro atoms. The van der Waals surface area contributed by atoms with E-state index in [0.717, 1.165) is 12.8 Å². The maximum atomic E-state index is 10.1. The molecule has 0 aliphatic carbocycles. The predicted octanol–water partition coefficient (Wildman–Crippen LogP) is -0.352. The molecule has 0 unspecified atom stereocenters. The first-order valence-corrected chi connectivity index (χ1v) is 7.12. The molecule has 0 bridgehead atoms. The van der Waals surface area contributed by atoms with Gasteiger partial charge in [0.05, 0.1) is 18.4 Å². The standard InChI is InChI=1S/C13H25N3O4/c1-2-3-6-12(19)13(20)11(9-18)16-8-10(14-15-16)5-4-7-17/h8,11-13,17-20H,2-7,9H2,1H3/t11-,12+,13-/m0/s1. The molecule has 1 aromatic rings. The summed E-state index contributed by atoms with van der Waals surface area (Å²) in [4.78, 5) is 0. The molecule has 1 heterocycles. The number of nitrogens with zero attached hydrogens (tertiary/aromatic N) is 3. The van der Waals surface area contributed by atoms with Gasteiger partial charge in [0.15, 0.2) is 0 Å². The number of aryl methyl sites for hydroxylation is 1. The third-order valence-corrected chi connectivity index (χ3v) is 3.32. The fraction of sp³-hybridized carbons (Fsp3) is 0.846. The van der Waals surface area contributed by atoms with Crippen LogP contribution in [0.2, 0.25) is 0 Å². The van der Waals surface area contributed by atoms with Crippen LogP contribution in [0.4, 0.5) is 0 Å². The first-order chi connectivity index (χ1) is 9.63. The Hall–Kier alpha value is -1.02. The van der Waals surface area contributed by atoms with Crippen LogP contribution in [0, 0.1) is 0 Å². The van der Waals surface area contributed by atoms with E-state index in [2.05, 4.69) is 10.3 Å². The molecule has 7 heteroatoms. The SMILES string of the molecule is CCCC[C@@H](O)[C@@H](O)[C@H](CO)n1cc(CCCO)nn1. The lowest BCUT2D eigenvalue weighted by Gasteiger charge is -2.25. The molecule has 0 fully saturated rings. The first kappa shape index (κ1) is 17.0. The van der Waals surface area contributed by atoms with Gasteiger partial charge in [0.25, 0.3) is 0 Å². The van der Waals surface area contributed by atoms with Crippen molar-refractivity contribution in [2.45, 2.75) is 57.3 Å². The number of aliphatic hydroxyl groups is 4. The van der Waals surface area contributed by atoms with E-state index >= 15 is 0 Å². The van der Waals surface area contributed by atoms with Crippen molar-refractivity contribution >= 4 is 0 Å². The zero-order valence-corrected chi connectivity index (χ0v) is 11.9. The predicted molar refractivity (Wildman–Crippen MR) is 73.1 cm³/mol. The summed E-state index contributed by atoms with van der Waals surface area (Å²) in [6.45, 7) is 1.76. The average Bonchev–Trinajstić information content (AvgIpc) is 2.91. The van der Waals surface area contributed by atoms with Gasteiger partial charge < -0.3 is 20.4 Å². The lowest BCUT2D eigenvalue weighted by molar-refractivity contribution is -0.0349. The van der Waals surface area contributed by atoms with E-state index in [4.69, 9.17) is 5.11 Å². The summed E-state index contributed by atoms with van der Waals surface area (Å²) in [7, 11) is 0. The highest BCUT2D eigenvalue weighted by Crippen LogP contribution is 2.17. The molecule has 0 saturated heterocycles. The van der Waals surface area contributed by atoms with Gasteiger partial charge in [0.1, 0.15) is 12.1 Å². The van der Waals surface area contributed by atoms with Crippen LogP contribution in [0.1, 0.15) is 44.3 Å². The lowest BCUT2D eigenvalue weighted by Crippen LogP contribution is -2.37. The van der Waals surface area contributed by atoms with E-state index < -0.39 is 18.2 Å². The molecule has 0 aliphatic rings. The molecule has 20 heavy (non-hydrogen) atoms. The maximum absolute atomic E-state index is 10.1. The number of hydrogen-bond donors (Lipinski definition) is 4. The minimum Gasteiger partial charge on any atom is -0.396 e. The van der Waals surface area contributed by atoms with Gasteiger partial charge in [0, 0.05) is 12.8 Å². The number of hydrogen-bond acceptors (Lipinski definition) is 6. The van der Waals surface area contributed by atoms with Crippen LogP contribution < -0.4 is 0 Å². The highest BCUT2D eigenvalue weighted by molar-refractivity contribution is 4.95. The van der Waals surface area contributed by atoms with Gasteiger partial charge >= 0.3 is 0 Å². The van der Waals surface area contributed by atoms with Crippen molar-refractivity contribution in [1.82, 2.24) is 15.0 Å². The number of aliphatic hydroxyl groups excluding tert-OH is 4.